The summed E-state index contributed by atoms with van der Waals surface area (Å²) in [4.78, 5) is 11.4. The average molecular weight is 200 g/mol. The van der Waals surface area contributed by atoms with Gasteiger partial charge in [-0.05, 0) is 12.8 Å². The molecule has 0 aromatic carbocycles. The van der Waals surface area contributed by atoms with E-state index in [-0.39, 0.29) is 5.97 Å². The predicted octanol–water partition coefficient (Wildman–Crippen LogP) is 1.90. The van der Waals surface area contributed by atoms with Crippen molar-refractivity contribution in [1.82, 2.24) is 0 Å². The van der Waals surface area contributed by atoms with Crippen molar-refractivity contribution < 1.29 is 14.6 Å². The second-order valence-corrected chi connectivity index (χ2v) is 3.43. The summed E-state index contributed by atoms with van der Waals surface area (Å²) in [7, 11) is 1.33. The first kappa shape index (κ1) is 13.2. The van der Waals surface area contributed by atoms with E-state index >= 15 is 0 Å². The molecule has 1 N–H and O–H groups in total. The van der Waals surface area contributed by atoms with Crippen molar-refractivity contribution in [3.8, 4) is 0 Å². The van der Waals surface area contributed by atoms with E-state index in [4.69, 9.17) is 0 Å². The van der Waals surface area contributed by atoms with Gasteiger partial charge in [-0.25, -0.2) is 0 Å². The molecule has 2 atom stereocenters. The summed E-state index contributed by atoms with van der Waals surface area (Å²) < 4.78 is 4.65. The minimum atomic E-state index is -1.13. The third kappa shape index (κ3) is 2.84. The van der Waals surface area contributed by atoms with E-state index in [1.54, 1.807) is 0 Å². The molecule has 0 spiro atoms. The van der Waals surface area contributed by atoms with E-state index in [2.05, 4.69) is 11.3 Å². The highest BCUT2D eigenvalue weighted by molar-refractivity contribution is 5.74. The lowest BCUT2D eigenvalue weighted by atomic mass is 9.82. The van der Waals surface area contributed by atoms with Crippen molar-refractivity contribution in [2.75, 3.05) is 7.11 Å². The molecule has 0 heterocycles. The van der Waals surface area contributed by atoms with Gasteiger partial charge in [0.05, 0.1) is 18.6 Å². The Morgan fingerprint density at radius 2 is 2.21 bits per heavy atom. The van der Waals surface area contributed by atoms with Gasteiger partial charge >= 0.3 is 5.97 Å². The largest absolute Gasteiger partial charge is 0.469 e. The molecule has 3 heteroatoms. The maximum atomic E-state index is 11.4. The van der Waals surface area contributed by atoms with Crippen LogP contribution in [0, 0.1) is 5.92 Å². The summed E-state index contributed by atoms with van der Waals surface area (Å²) >= 11 is 0. The SMILES string of the molecule is C=CC(O)(CCC)C(CC)C(=O)OC. The fourth-order valence-corrected chi connectivity index (χ4v) is 1.69. The van der Waals surface area contributed by atoms with Crippen LogP contribution in [-0.4, -0.2) is 23.8 Å². The van der Waals surface area contributed by atoms with Crippen LogP contribution in [0.1, 0.15) is 33.1 Å². The van der Waals surface area contributed by atoms with Crippen molar-refractivity contribution in [2.24, 2.45) is 5.92 Å². The highest BCUT2D eigenvalue weighted by Crippen LogP contribution is 2.28. The molecule has 0 aliphatic heterocycles. The van der Waals surface area contributed by atoms with Gasteiger partial charge < -0.3 is 9.84 Å². The number of ether oxygens (including phenoxy) is 1. The van der Waals surface area contributed by atoms with Crippen LogP contribution in [0.2, 0.25) is 0 Å². The van der Waals surface area contributed by atoms with E-state index in [1.807, 2.05) is 13.8 Å². The van der Waals surface area contributed by atoms with E-state index in [0.29, 0.717) is 12.8 Å². The van der Waals surface area contributed by atoms with Crippen LogP contribution in [0.5, 0.6) is 0 Å². The molecule has 0 aromatic rings. The van der Waals surface area contributed by atoms with Gasteiger partial charge in [0, 0.05) is 0 Å². The molecule has 0 bridgehead atoms. The van der Waals surface area contributed by atoms with Gasteiger partial charge in [0.2, 0.25) is 0 Å². The maximum Gasteiger partial charge on any atom is 0.311 e. The lowest BCUT2D eigenvalue weighted by Gasteiger charge is -2.30. The summed E-state index contributed by atoms with van der Waals surface area (Å²) in [5.74, 6) is -0.881. The highest BCUT2D eigenvalue weighted by Gasteiger charge is 2.37. The normalized spacial score (nSPS) is 16.9. The number of carbonyl (C=O) groups excluding carboxylic acids is 1. The molecule has 0 rings (SSSR count). The molecule has 3 nitrogen and oxygen atoms in total. The van der Waals surface area contributed by atoms with Crippen molar-refractivity contribution in [2.45, 2.75) is 38.7 Å². The molecule has 0 saturated carbocycles. The van der Waals surface area contributed by atoms with Crippen LogP contribution < -0.4 is 0 Å². The second kappa shape index (κ2) is 5.81. The first-order chi connectivity index (χ1) is 6.55. The molecular formula is C11H20O3. The monoisotopic (exact) mass is 200 g/mol. The number of hydrogen-bond acceptors (Lipinski definition) is 3. The van der Waals surface area contributed by atoms with Crippen molar-refractivity contribution in [1.29, 1.82) is 0 Å². The molecule has 0 radical (unpaired) electrons. The third-order valence-electron chi connectivity index (χ3n) is 2.50. The highest BCUT2D eigenvalue weighted by atomic mass is 16.5. The van der Waals surface area contributed by atoms with E-state index in [0.717, 1.165) is 6.42 Å². The van der Waals surface area contributed by atoms with Gasteiger partial charge in [0.15, 0.2) is 0 Å². The first-order valence-electron chi connectivity index (χ1n) is 4.99. The van der Waals surface area contributed by atoms with Crippen molar-refractivity contribution in [3.63, 3.8) is 0 Å². The fourth-order valence-electron chi connectivity index (χ4n) is 1.69. The van der Waals surface area contributed by atoms with Gasteiger partial charge in [-0.15, -0.1) is 6.58 Å². The predicted molar refractivity (Wildman–Crippen MR) is 55.9 cm³/mol. The summed E-state index contributed by atoms with van der Waals surface area (Å²) in [6, 6.07) is 0. The number of hydrogen-bond donors (Lipinski definition) is 1. The van der Waals surface area contributed by atoms with Crippen LogP contribution in [0.4, 0.5) is 0 Å². The minimum Gasteiger partial charge on any atom is -0.469 e. The Morgan fingerprint density at radius 1 is 1.64 bits per heavy atom. The van der Waals surface area contributed by atoms with Crippen LogP contribution in [0.25, 0.3) is 0 Å². The molecule has 0 aromatic heterocycles. The average Bonchev–Trinajstić information content (AvgIpc) is 2.19. The number of esters is 1. The smallest absolute Gasteiger partial charge is 0.311 e. The maximum absolute atomic E-state index is 11.4. The fraction of sp³-hybridized carbons (Fsp3) is 0.727. The van der Waals surface area contributed by atoms with Crippen LogP contribution in [0.15, 0.2) is 12.7 Å². The number of carbonyl (C=O) groups is 1. The number of rotatable bonds is 6. The van der Waals surface area contributed by atoms with Crippen molar-refractivity contribution >= 4 is 5.97 Å². The van der Waals surface area contributed by atoms with E-state index in [9.17, 15) is 9.90 Å². The van der Waals surface area contributed by atoms with Crippen LogP contribution in [-0.2, 0) is 9.53 Å². The van der Waals surface area contributed by atoms with Crippen molar-refractivity contribution in [3.05, 3.63) is 12.7 Å². The van der Waals surface area contributed by atoms with Gasteiger partial charge in [-0.1, -0.05) is 26.3 Å². The summed E-state index contributed by atoms with van der Waals surface area (Å²) in [5.41, 5.74) is -1.13. The zero-order valence-corrected chi connectivity index (χ0v) is 9.25. The number of aliphatic hydroxyl groups is 1. The topological polar surface area (TPSA) is 46.5 Å². The molecule has 0 fully saturated rings. The summed E-state index contributed by atoms with van der Waals surface area (Å²) in [5, 5.41) is 10.2. The Hall–Kier alpha value is -0.830. The molecule has 0 aliphatic carbocycles. The van der Waals surface area contributed by atoms with Crippen LogP contribution >= 0.6 is 0 Å². The summed E-state index contributed by atoms with van der Waals surface area (Å²) in [6.45, 7) is 7.39. The standard InChI is InChI=1S/C11H20O3/c1-5-8-11(13,7-3)9(6-2)10(12)14-4/h7,9,13H,3,5-6,8H2,1-2,4H3. The zero-order chi connectivity index (χ0) is 11.2. The quantitative estimate of drug-likeness (QED) is 0.526. The second-order valence-electron chi connectivity index (χ2n) is 3.43. The Morgan fingerprint density at radius 3 is 2.50 bits per heavy atom. The van der Waals surface area contributed by atoms with Gasteiger partial charge in [-0.2, -0.15) is 0 Å². The minimum absolute atomic E-state index is 0.372. The molecule has 14 heavy (non-hydrogen) atoms. The first-order valence-corrected chi connectivity index (χ1v) is 4.99. The molecule has 82 valence electrons. The molecule has 0 saturated heterocycles. The van der Waals surface area contributed by atoms with Gasteiger partial charge in [-0.3, -0.25) is 4.79 Å². The van der Waals surface area contributed by atoms with Crippen LogP contribution in [0.3, 0.4) is 0 Å². The Balaban J connectivity index is 4.75. The lowest BCUT2D eigenvalue weighted by molar-refractivity contribution is -0.153. The Labute approximate surface area is 85.8 Å². The lowest BCUT2D eigenvalue weighted by Crippen LogP contribution is -2.40. The Kier molecular flexibility index (Phi) is 5.46. The van der Waals surface area contributed by atoms with E-state index in [1.165, 1.54) is 13.2 Å². The Bertz CT molecular complexity index is 201. The molecular weight excluding hydrogens is 180 g/mol. The zero-order valence-electron chi connectivity index (χ0n) is 9.25. The molecule has 2 unspecified atom stereocenters. The van der Waals surface area contributed by atoms with Gasteiger partial charge in [0.1, 0.15) is 0 Å². The third-order valence-corrected chi connectivity index (χ3v) is 2.50. The molecule has 0 amide bonds. The number of methoxy groups -OCH3 is 1. The summed E-state index contributed by atoms with van der Waals surface area (Å²) in [6.07, 6.45) is 3.33. The van der Waals surface area contributed by atoms with E-state index < -0.39 is 11.5 Å². The molecule has 0 aliphatic rings. The van der Waals surface area contributed by atoms with Gasteiger partial charge in [0.25, 0.3) is 0 Å².